The van der Waals surface area contributed by atoms with Crippen LogP contribution in [0, 0.1) is 0 Å². The Hall–Kier alpha value is -0.590. The maximum atomic E-state index is 12.2. The summed E-state index contributed by atoms with van der Waals surface area (Å²) in [6.07, 6.45) is -3.05. The molecule has 0 amide bonds. The zero-order valence-corrected chi connectivity index (χ0v) is 11.5. The molecule has 0 fully saturated rings. The van der Waals surface area contributed by atoms with Crippen molar-refractivity contribution in [3.8, 4) is 0 Å². The van der Waals surface area contributed by atoms with Crippen molar-refractivity contribution in [2.45, 2.75) is 32.6 Å². The maximum Gasteiger partial charge on any atom is 0.401 e. The molecule has 0 saturated carbocycles. The van der Waals surface area contributed by atoms with Crippen molar-refractivity contribution in [3.05, 3.63) is 21.9 Å². The predicted octanol–water partition coefficient (Wildman–Crippen LogP) is 3.24. The van der Waals surface area contributed by atoms with E-state index in [1.54, 1.807) is 11.3 Å². The molecule has 0 aliphatic rings. The fraction of sp³-hybridized carbons (Fsp3) is 0.667. The van der Waals surface area contributed by atoms with Gasteiger partial charge in [-0.25, -0.2) is 0 Å². The molecular weight excluding hydrogens is 261 g/mol. The second-order valence-corrected chi connectivity index (χ2v) is 5.59. The van der Waals surface area contributed by atoms with Gasteiger partial charge in [0.05, 0.1) is 6.54 Å². The molecule has 2 nitrogen and oxygen atoms in total. The maximum absolute atomic E-state index is 12.2. The lowest BCUT2D eigenvalue weighted by Crippen LogP contribution is -2.30. The zero-order chi connectivity index (χ0) is 13.6. The molecule has 1 N–H and O–H groups in total. The lowest BCUT2D eigenvalue weighted by Gasteiger charge is -2.17. The Morgan fingerprint density at radius 3 is 2.56 bits per heavy atom. The van der Waals surface area contributed by atoms with Gasteiger partial charge in [-0.15, -0.1) is 11.3 Å². The van der Waals surface area contributed by atoms with E-state index in [2.05, 4.69) is 12.2 Å². The molecule has 1 rings (SSSR count). The monoisotopic (exact) mass is 280 g/mol. The quantitative estimate of drug-likeness (QED) is 0.771. The van der Waals surface area contributed by atoms with E-state index in [0.717, 1.165) is 24.4 Å². The number of thiophene rings is 1. The standard InChI is InChI=1S/C12H19F3N2S/c1-3-6-16-7-10-4-5-11(18-10)8-17(2)9-12(13,14)15/h4-5,16H,3,6-9H2,1-2H3. The Balaban J connectivity index is 2.38. The summed E-state index contributed by atoms with van der Waals surface area (Å²) in [6.45, 7) is 3.33. The average molecular weight is 280 g/mol. The molecule has 0 atom stereocenters. The van der Waals surface area contributed by atoms with Crippen molar-refractivity contribution in [2.75, 3.05) is 20.1 Å². The van der Waals surface area contributed by atoms with Gasteiger partial charge >= 0.3 is 6.18 Å². The molecule has 0 unspecified atom stereocenters. The topological polar surface area (TPSA) is 15.3 Å². The minimum absolute atomic E-state index is 0.345. The molecule has 1 aromatic rings. The number of alkyl halides is 3. The highest BCUT2D eigenvalue weighted by atomic mass is 32.1. The van der Waals surface area contributed by atoms with E-state index in [1.807, 2.05) is 12.1 Å². The van der Waals surface area contributed by atoms with Crippen LogP contribution >= 0.6 is 11.3 Å². The molecule has 1 aromatic heterocycles. The lowest BCUT2D eigenvalue weighted by atomic mass is 10.4. The van der Waals surface area contributed by atoms with Gasteiger partial charge in [-0.3, -0.25) is 4.90 Å². The van der Waals surface area contributed by atoms with Crippen molar-refractivity contribution in [1.29, 1.82) is 0 Å². The van der Waals surface area contributed by atoms with Crippen LogP contribution in [-0.4, -0.2) is 31.2 Å². The summed E-state index contributed by atoms with van der Waals surface area (Å²) in [7, 11) is 1.49. The highest BCUT2D eigenvalue weighted by molar-refractivity contribution is 7.11. The molecule has 0 aromatic carbocycles. The van der Waals surface area contributed by atoms with Crippen molar-refractivity contribution < 1.29 is 13.2 Å². The molecular formula is C12H19F3N2S. The minimum Gasteiger partial charge on any atom is -0.312 e. The average Bonchev–Trinajstić information content (AvgIpc) is 2.63. The molecule has 1 heterocycles. The van der Waals surface area contributed by atoms with Crippen molar-refractivity contribution in [3.63, 3.8) is 0 Å². The van der Waals surface area contributed by atoms with E-state index in [4.69, 9.17) is 0 Å². The molecule has 0 aliphatic heterocycles. The molecule has 0 spiro atoms. The van der Waals surface area contributed by atoms with Gasteiger partial charge in [-0.2, -0.15) is 13.2 Å². The van der Waals surface area contributed by atoms with Gasteiger partial charge in [0.25, 0.3) is 0 Å². The van der Waals surface area contributed by atoms with Gasteiger partial charge in [0.1, 0.15) is 0 Å². The second-order valence-electron chi connectivity index (χ2n) is 4.33. The summed E-state index contributed by atoms with van der Waals surface area (Å²) in [6, 6.07) is 3.88. The predicted molar refractivity (Wildman–Crippen MR) is 68.7 cm³/mol. The highest BCUT2D eigenvalue weighted by Crippen LogP contribution is 2.20. The molecule has 0 radical (unpaired) electrons. The van der Waals surface area contributed by atoms with Crippen LogP contribution in [0.5, 0.6) is 0 Å². The van der Waals surface area contributed by atoms with Crippen LogP contribution in [0.4, 0.5) is 13.2 Å². The number of nitrogens with zero attached hydrogens (tertiary/aromatic N) is 1. The van der Waals surface area contributed by atoms with Gasteiger partial charge in [0, 0.05) is 22.8 Å². The molecule has 6 heteroatoms. The Kier molecular flexibility index (Phi) is 6.11. The summed E-state index contributed by atoms with van der Waals surface area (Å²) < 4.78 is 36.5. The van der Waals surface area contributed by atoms with E-state index in [9.17, 15) is 13.2 Å². The number of hydrogen-bond donors (Lipinski definition) is 1. The van der Waals surface area contributed by atoms with E-state index in [1.165, 1.54) is 16.8 Å². The second kappa shape index (κ2) is 7.11. The first-order chi connectivity index (χ1) is 8.40. The van der Waals surface area contributed by atoms with Crippen LogP contribution in [0.2, 0.25) is 0 Å². The van der Waals surface area contributed by atoms with Crippen molar-refractivity contribution in [2.24, 2.45) is 0 Å². The largest absolute Gasteiger partial charge is 0.401 e. The highest BCUT2D eigenvalue weighted by Gasteiger charge is 2.29. The summed E-state index contributed by atoms with van der Waals surface area (Å²) in [4.78, 5) is 3.42. The van der Waals surface area contributed by atoms with Crippen LogP contribution in [-0.2, 0) is 13.1 Å². The van der Waals surface area contributed by atoms with E-state index in [0.29, 0.717) is 6.54 Å². The van der Waals surface area contributed by atoms with Gasteiger partial charge in [0.2, 0.25) is 0 Å². The summed E-state index contributed by atoms with van der Waals surface area (Å²) in [5.41, 5.74) is 0. The molecule has 18 heavy (non-hydrogen) atoms. The van der Waals surface area contributed by atoms with Gasteiger partial charge in [0.15, 0.2) is 0 Å². The summed E-state index contributed by atoms with van der Waals surface area (Å²) in [5, 5.41) is 3.27. The van der Waals surface area contributed by atoms with Crippen LogP contribution in [0.25, 0.3) is 0 Å². The van der Waals surface area contributed by atoms with Gasteiger partial charge in [-0.1, -0.05) is 6.92 Å². The number of nitrogens with one attached hydrogen (secondary N) is 1. The third-order valence-electron chi connectivity index (χ3n) is 2.32. The SMILES string of the molecule is CCCNCc1ccc(CN(C)CC(F)(F)F)s1. The molecule has 0 aliphatic carbocycles. The minimum atomic E-state index is -4.13. The normalized spacial score (nSPS) is 12.3. The Morgan fingerprint density at radius 1 is 1.28 bits per heavy atom. The third kappa shape index (κ3) is 6.37. The van der Waals surface area contributed by atoms with E-state index >= 15 is 0 Å². The zero-order valence-electron chi connectivity index (χ0n) is 10.7. The lowest BCUT2D eigenvalue weighted by molar-refractivity contribution is -0.143. The first kappa shape index (κ1) is 15.5. The van der Waals surface area contributed by atoms with Gasteiger partial charge < -0.3 is 5.32 Å². The fourth-order valence-corrected chi connectivity index (χ4v) is 2.69. The smallest absolute Gasteiger partial charge is 0.312 e. The van der Waals surface area contributed by atoms with Crippen molar-refractivity contribution in [1.82, 2.24) is 10.2 Å². The molecule has 0 bridgehead atoms. The third-order valence-corrected chi connectivity index (χ3v) is 3.39. The van der Waals surface area contributed by atoms with E-state index < -0.39 is 12.7 Å². The number of halogens is 3. The van der Waals surface area contributed by atoms with Crippen LogP contribution in [0.1, 0.15) is 23.1 Å². The van der Waals surface area contributed by atoms with Crippen LogP contribution in [0.15, 0.2) is 12.1 Å². The number of rotatable bonds is 7. The fourth-order valence-electron chi connectivity index (χ4n) is 1.62. The Bertz CT molecular complexity index is 349. The van der Waals surface area contributed by atoms with Crippen LogP contribution < -0.4 is 5.32 Å². The first-order valence-corrected chi connectivity index (χ1v) is 6.76. The summed E-state index contributed by atoms with van der Waals surface area (Å²) >= 11 is 1.57. The Morgan fingerprint density at radius 2 is 1.94 bits per heavy atom. The first-order valence-electron chi connectivity index (χ1n) is 5.94. The summed E-state index contributed by atoms with van der Waals surface area (Å²) in [5.74, 6) is 0. The molecule has 104 valence electrons. The molecule has 0 saturated heterocycles. The Labute approximate surface area is 110 Å². The van der Waals surface area contributed by atoms with E-state index in [-0.39, 0.29) is 0 Å². The van der Waals surface area contributed by atoms with Crippen molar-refractivity contribution >= 4 is 11.3 Å². The van der Waals surface area contributed by atoms with Gasteiger partial charge in [-0.05, 0) is 32.1 Å². The number of hydrogen-bond acceptors (Lipinski definition) is 3. The van der Waals surface area contributed by atoms with Crippen LogP contribution in [0.3, 0.4) is 0 Å².